The Bertz CT molecular complexity index is 367. The van der Waals surface area contributed by atoms with Crippen molar-refractivity contribution < 1.29 is 19.4 Å². The van der Waals surface area contributed by atoms with Crippen LogP contribution in [0.5, 0.6) is 5.75 Å². The Labute approximate surface area is 100 Å². The van der Waals surface area contributed by atoms with Gasteiger partial charge in [0.15, 0.2) is 6.61 Å². The van der Waals surface area contributed by atoms with Crippen molar-refractivity contribution in [3.8, 4) is 5.75 Å². The van der Waals surface area contributed by atoms with Gasteiger partial charge in [0.1, 0.15) is 5.75 Å². The third kappa shape index (κ3) is 5.21. The number of carbonyl (C=O) groups excluding carboxylic acids is 1. The van der Waals surface area contributed by atoms with Gasteiger partial charge in [-0.25, -0.2) is 4.79 Å². The van der Waals surface area contributed by atoms with Gasteiger partial charge in [0.2, 0.25) is 0 Å². The molecule has 17 heavy (non-hydrogen) atoms. The molecule has 1 rings (SSSR count). The van der Waals surface area contributed by atoms with Gasteiger partial charge >= 0.3 is 5.97 Å². The number of hydrogen-bond acceptors (Lipinski definition) is 5. The molecule has 0 spiro atoms. The van der Waals surface area contributed by atoms with E-state index >= 15 is 0 Å². The second-order valence-corrected chi connectivity index (χ2v) is 3.83. The molecule has 0 heterocycles. The maximum Gasteiger partial charge on any atom is 0.344 e. The van der Waals surface area contributed by atoms with E-state index in [2.05, 4.69) is 0 Å². The quantitative estimate of drug-likeness (QED) is 0.567. The molecule has 0 fully saturated rings. The largest absolute Gasteiger partial charge is 0.482 e. The lowest BCUT2D eigenvalue weighted by atomic mass is 10.2. The number of nitrogen functional groups attached to an aromatic ring is 1. The number of nitrogens with two attached hydrogens (primary N) is 1. The molecule has 1 unspecified atom stereocenters. The van der Waals surface area contributed by atoms with Crippen molar-refractivity contribution in [1.29, 1.82) is 0 Å². The summed E-state index contributed by atoms with van der Waals surface area (Å²) in [7, 11) is 0. The summed E-state index contributed by atoms with van der Waals surface area (Å²) in [5.74, 6) is -0.00352. The molecule has 0 aromatic heterocycles. The van der Waals surface area contributed by atoms with Crippen LogP contribution in [0.2, 0.25) is 0 Å². The predicted molar refractivity (Wildman–Crippen MR) is 63.6 cm³/mol. The van der Waals surface area contributed by atoms with E-state index in [-0.39, 0.29) is 25.7 Å². The van der Waals surface area contributed by atoms with Gasteiger partial charge in [-0.2, -0.15) is 0 Å². The van der Waals surface area contributed by atoms with Gasteiger partial charge < -0.3 is 20.3 Å². The van der Waals surface area contributed by atoms with E-state index in [9.17, 15) is 4.79 Å². The van der Waals surface area contributed by atoms with Crippen LogP contribution in [0.25, 0.3) is 0 Å². The molecular formula is C12H17NO4. The number of anilines is 1. The van der Waals surface area contributed by atoms with Crippen molar-refractivity contribution in [3.63, 3.8) is 0 Å². The Morgan fingerprint density at radius 2 is 2.29 bits per heavy atom. The van der Waals surface area contributed by atoms with Crippen molar-refractivity contribution in [2.75, 3.05) is 25.6 Å². The van der Waals surface area contributed by atoms with Gasteiger partial charge in [-0.05, 0) is 12.1 Å². The smallest absolute Gasteiger partial charge is 0.344 e. The molecule has 0 saturated carbocycles. The van der Waals surface area contributed by atoms with Crippen molar-refractivity contribution in [3.05, 3.63) is 24.3 Å². The highest BCUT2D eigenvalue weighted by atomic mass is 16.6. The number of ether oxygens (including phenoxy) is 2. The van der Waals surface area contributed by atoms with Crippen LogP contribution in [0.1, 0.15) is 6.92 Å². The van der Waals surface area contributed by atoms with E-state index in [1.165, 1.54) is 0 Å². The highest BCUT2D eigenvalue weighted by Crippen LogP contribution is 2.14. The molecule has 0 bridgehead atoms. The lowest BCUT2D eigenvalue weighted by molar-refractivity contribution is -0.147. The number of aliphatic hydroxyl groups is 1. The van der Waals surface area contributed by atoms with Crippen molar-refractivity contribution >= 4 is 11.7 Å². The Morgan fingerprint density at radius 1 is 1.53 bits per heavy atom. The molecule has 1 aromatic carbocycles. The molecular weight excluding hydrogens is 222 g/mol. The predicted octanol–water partition coefficient (Wildman–Crippen LogP) is 0.819. The second kappa shape index (κ2) is 6.75. The Morgan fingerprint density at radius 3 is 2.94 bits per heavy atom. The van der Waals surface area contributed by atoms with Gasteiger partial charge in [-0.3, -0.25) is 0 Å². The Balaban J connectivity index is 2.28. The zero-order valence-corrected chi connectivity index (χ0v) is 9.76. The van der Waals surface area contributed by atoms with E-state index < -0.39 is 5.97 Å². The second-order valence-electron chi connectivity index (χ2n) is 3.83. The number of benzene rings is 1. The molecule has 0 amide bonds. The maximum absolute atomic E-state index is 11.3. The average molecular weight is 239 g/mol. The zero-order valence-electron chi connectivity index (χ0n) is 9.76. The van der Waals surface area contributed by atoms with Crippen LogP contribution in [-0.4, -0.2) is 30.9 Å². The third-order valence-electron chi connectivity index (χ3n) is 2.06. The first-order chi connectivity index (χ1) is 8.11. The molecule has 3 N–H and O–H groups in total. The minimum absolute atomic E-state index is 0.0106. The number of rotatable bonds is 6. The van der Waals surface area contributed by atoms with Crippen LogP contribution in [-0.2, 0) is 9.53 Å². The molecule has 0 aliphatic carbocycles. The lowest BCUT2D eigenvalue weighted by Gasteiger charge is -2.10. The standard InChI is InChI=1S/C12H17NO4/c1-9(6-14)7-17-12(15)8-16-11-4-2-3-10(13)5-11/h2-5,9,14H,6-8,13H2,1H3. The number of hydrogen-bond donors (Lipinski definition) is 2. The van der Waals surface area contributed by atoms with E-state index in [1.807, 2.05) is 0 Å². The van der Waals surface area contributed by atoms with Gasteiger partial charge in [-0.15, -0.1) is 0 Å². The summed E-state index contributed by atoms with van der Waals surface area (Å²) in [5, 5.41) is 8.75. The molecule has 5 heteroatoms. The van der Waals surface area contributed by atoms with E-state index in [1.54, 1.807) is 31.2 Å². The number of carbonyl (C=O) groups is 1. The summed E-state index contributed by atoms with van der Waals surface area (Å²) in [6.07, 6.45) is 0. The topological polar surface area (TPSA) is 81.8 Å². The summed E-state index contributed by atoms with van der Waals surface area (Å²) < 4.78 is 10.1. The minimum Gasteiger partial charge on any atom is -0.482 e. The first-order valence-electron chi connectivity index (χ1n) is 5.36. The number of aliphatic hydroxyl groups excluding tert-OH is 1. The van der Waals surface area contributed by atoms with Crippen molar-refractivity contribution in [1.82, 2.24) is 0 Å². The Hall–Kier alpha value is -1.75. The van der Waals surface area contributed by atoms with Gasteiger partial charge in [0.25, 0.3) is 0 Å². The highest BCUT2D eigenvalue weighted by molar-refractivity contribution is 5.71. The summed E-state index contributed by atoms with van der Waals surface area (Å²) in [5.41, 5.74) is 6.13. The summed E-state index contributed by atoms with van der Waals surface area (Å²) in [4.78, 5) is 11.3. The van der Waals surface area contributed by atoms with Gasteiger partial charge in [0, 0.05) is 24.3 Å². The molecule has 1 atom stereocenters. The van der Waals surface area contributed by atoms with E-state index in [4.69, 9.17) is 20.3 Å². The van der Waals surface area contributed by atoms with E-state index in [0.717, 1.165) is 0 Å². The van der Waals surface area contributed by atoms with Crippen LogP contribution in [0.15, 0.2) is 24.3 Å². The average Bonchev–Trinajstić information content (AvgIpc) is 2.33. The summed E-state index contributed by atoms with van der Waals surface area (Å²) in [6, 6.07) is 6.81. The maximum atomic E-state index is 11.3. The molecule has 1 aromatic rings. The Kier molecular flexibility index (Phi) is 5.29. The monoisotopic (exact) mass is 239 g/mol. The molecule has 0 aliphatic rings. The van der Waals surface area contributed by atoms with Crippen LogP contribution < -0.4 is 10.5 Å². The highest BCUT2D eigenvalue weighted by Gasteiger charge is 2.07. The SMILES string of the molecule is CC(CO)COC(=O)COc1cccc(N)c1. The van der Waals surface area contributed by atoms with Crippen LogP contribution >= 0.6 is 0 Å². The molecule has 5 nitrogen and oxygen atoms in total. The van der Waals surface area contributed by atoms with Crippen molar-refractivity contribution in [2.24, 2.45) is 5.92 Å². The fourth-order valence-corrected chi connectivity index (χ4v) is 1.08. The third-order valence-corrected chi connectivity index (χ3v) is 2.06. The van der Waals surface area contributed by atoms with Crippen LogP contribution in [0.3, 0.4) is 0 Å². The normalized spacial score (nSPS) is 11.9. The van der Waals surface area contributed by atoms with Gasteiger partial charge in [0.05, 0.1) is 6.61 Å². The lowest BCUT2D eigenvalue weighted by Crippen LogP contribution is -2.19. The van der Waals surface area contributed by atoms with E-state index in [0.29, 0.717) is 11.4 Å². The van der Waals surface area contributed by atoms with Crippen LogP contribution in [0, 0.1) is 5.92 Å². The molecule has 0 saturated heterocycles. The van der Waals surface area contributed by atoms with Crippen LogP contribution in [0.4, 0.5) is 5.69 Å². The fraction of sp³-hybridized carbons (Fsp3) is 0.417. The zero-order chi connectivity index (χ0) is 12.7. The first kappa shape index (κ1) is 13.3. The van der Waals surface area contributed by atoms with Crippen molar-refractivity contribution in [2.45, 2.75) is 6.92 Å². The molecule has 0 radical (unpaired) electrons. The first-order valence-corrected chi connectivity index (χ1v) is 5.36. The molecule has 94 valence electrons. The summed E-state index contributed by atoms with van der Waals surface area (Å²) in [6.45, 7) is 1.80. The minimum atomic E-state index is -0.465. The fourth-order valence-electron chi connectivity index (χ4n) is 1.08. The molecule has 0 aliphatic heterocycles. The number of esters is 1. The summed E-state index contributed by atoms with van der Waals surface area (Å²) >= 11 is 0. The van der Waals surface area contributed by atoms with Gasteiger partial charge in [-0.1, -0.05) is 13.0 Å².